The molecule has 3 heteroatoms. The lowest BCUT2D eigenvalue weighted by Gasteiger charge is -2.54. The molecule has 33 heavy (non-hydrogen) atoms. The molecule has 0 bridgehead atoms. The van der Waals surface area contributed by atoms with E-state index in [0.717, 1.165) is 38.5 Å². The minimum absolute atomic E-state index is 0.0288. The molecule has 184 valence electrons. The number of allylic oxidation sites excluding steroid dienone is 4. The van der Waals surface area contributed by atoms with Crippen LogP contribution in [0.5, 0.6) is 0 Å². The number of hydrogen-bond donors (Lipinski definition) is 0. The molecule has 0 saturated heterocycles. The zero-order valence-corrected chi connectivity index (χ0v) is 22.1. The van der Waals surface area contributed by atoms with E-state index in [1.54, 1.807) is 0 Å². The maximum Gasteiger partial charge on any atom is 0.302 e. The van der Waals surface area contributed by atoms with Gasteiger partial charge in [-0.15, -0.1) is 0 Å². The maximum absolute atomic E-state index is 13.9. The summed E-state index contributed by atoms with van der Waals surface area (Å²) in [6.07, 6.45) is 13.1. The third kappa shape index (κ3) is 4.27. The predicted molar refractivity (Wildman–Crippen MR) is 134 cm³/mol. The first-order valence-corrected chi connectivity index (χ1v) is 13.6. The Kier molecular flexibility index (Phi) is 6.75. The van der Waals surface area contributed by atoms with Gasteiger partial charge in [0.1, 0.15) is 6.10 Å². The summed E-state index contributed by atoms with van der Waals surface area (Å²) in [6, 6.07) is 0. The molecular formula is C30H46O3. The highest BCUT2D eigenvalue weighted by atomic mass is 16.5. The second-order valence-corrected chi connectivity index (χ2v) is 12.7. The second-order valence-electron chi connectivity index (χ2n) is 12.7. The van der Waals surface area contributed by atoms with Crippen LogP contribution in [0.15, 0.2) is 23.3 Å². The van der Waals surface area contributed by atoms with Gasteiger partial charge >= 0.3 is 5.97 Å². The van der Waals surface area contributed by atoms with Gasteiger partial charge in [0.2, 0.25) is 0 Å². The van der Waals surface area contributed by atoms with E-state index in [4.69, 9.17) is 4.74 Å². The van der Waals surface area contributed by atoms with Crippen LogP contribution in [0.25, 0.3) is 0 Å². The third-order valence-electron chi connectivity index (χ3n) is 10.5. The SMILES string of the molecule is CC(=O)O[C@H]1CC[C@]2(C)C3=C(CC[C@H]2C1)[C@@H]1CC[C@H]([C@H](C)C=C[C@H](C)C(C)C)[C@@]1(C)CC3=O. The lowest BCUT2D eigenvalue weighted by Crippen LogP contribution is -2.49. The van der Waals surface area contributed by atoms with Gasteiger partial charge in [-0.25, -0.2) is 0 Å². The smallest absolute Gasteiger partial charge is 0.302 e. The van der Waals surface area contributed by atoms with Crippen molar-refractivity contribution >= 4 is 11.8 Å². The van der Waals surface area contributed by atoms with Crippen LogP contribution >= 0.6 is 0 Å². The normalized spacial score (nSPS) is 40.4. The van der Waals surface area contributed by atoms with Gasteiger partial charge in [-0.2, -0.15) is 0 Å². The molecule has 0 aromatic heterocycles. The number of esters is 1. The third-order valence-corrected chi connectivity index (χ3v) is 10.5. The highest BCUT2D eigenvalue weighted by molar-refractivity contribution is 5.99. The Morgan fingerprint density at radius 3 is 2.45 bits per heavy atom. The zero-order valence-electron chi connectivity index (χ0n) is 22.1. The molecule has 4 rings (SSSR count). The van der Waals surface area contributed by atoms with Gasteiger partial charge in [-0.1, -0.05) is 59.3 Å². The Labute approximate surface area is 201 Å². The molecule has 0 N–H and O–H groups in total. The van der Waals surface area contributed by atoms with Crippen molar-refractivity contribution in [3.63, 3.8) is 0 Å². The Morgan fingerprint density at radius 2 is 1.79 bits per heavy atom. The number of hydrogen-bond acceptors (Lipinski definition) is 3. The van der Waals surface area contributed by atoms with E-state index >= 15 is 0 Å². The number of carbonyl (C=O) groups is 2. The average Bonchev–Trinajstić information content (AvgIpc) is 3.07. The lowest BCUT2D eigenvalue weighted by atomic mass is 9.50. The molecule has 2 fully saturated rings. The van der Waals surface area contributed by atoms with E-state index in [1.807, 2.05) is 0 Å². The average molecular weight is 455 g/mol. The first-order valence-electron chi connectivity index (χ1n) is 13.6. The van der Waals surface area contributed by atoms with Crippen LogP contribution in [0.4, 0.5) is 0 Å². The van der Waals surface area contributed by atoms with E-state index in [0.29, 0.717) is 41.3 Å². The first kappa shape index (κ1) is 24.7. The summed E-state index contributed by atoms with van der Waals surface area (Å²) in [7, 11) is 0. The summed E-state index contributed by atoms with van der Waals surface area (Å²) in [5.74, 6) is 3.64. The van der Waals surface area contributed by atoms with Crippen LogP contribution < -0.4 is 0 Å². The number of rotatable bonds is 5. The molecular weight excluding hydrogens is 408 g/mol. The highest BCUT2D eigenvalue weighted by Crippen LogP contribution is 2.65. The Morgan fingerprint density at radius 1 is 1.06 bits per heavy atom. The van der Waals surface area contributed by atoms with Crippen molar-refractivity contribution in [2.24, 2.45) is 46.3 Å². The summed E-state index contributed by atoms with van der Waals surface area (Å²) in [5.41, 5.74) is 2.80. The quantitative estimate of drug-likeness (QED) is 0.323. The number of carbonyl (C=O) groups excluding carboxylic acids is 2. The van der Waals surface area contributed by atoms with Crippen LogP contribution in [0, 0.1) is 46.3 Å². The fourth-order valence-electron chi connectivity index (χ4n) is 8.23. The summed E-state index contributed by atoms with van der Waals surface area (Å²) >= 11 is 0. The minimum Gasteiger partial charge on any atom is -0.463 e. The van der Waals surface area contributed by atoms with Crippen LogP contribution in [0.2, 0.25) is 0 Å². The van der Waals surface area contributed by atoms with E-state index in [9.17, 15) is 9.59 Å². The molecule has 2 saturated carbocycles. The van der Waals surface area contributed by atoms with Gasteiger partial charge < -0.3 is 4.74 Å². The van der Waals surface area contributed by atoms with Crippen molar-refractivity contribution in [3.05, 3.63) is 23.3 Å². The van der Waals surface area contributed by atoms with E-state index in [2.05, 4.69) is 53.7 Å². The molecule has 4 aliphatic rings. The van der Waals surface area contributed by atoms with E-state index in [-0.39, 0.29) is 22.9 Å². The Balaban J connectivity index is 1.58. The van der Waals surface area contributed by atoms with Gasteiger partial charge in [0.15, 0.2) is 5.78 Å². The summed E-state index contributed by atoms with van der Waals surface area (Å²) in [4.78, 5) is 25.4. The number of fused-ring (bicyclic) bond motifs is 4. The number of Topliss-reactive ketones (excluding diaryl/α,β-unsaturated/α-hetero) is 1. The Bertz CT molecular complexity index is 851. The molecule has 0 aliphatic heterocycles. The van der Waals surface area contributed by atoms with Crippen LogP contribution in [0.1, 0.15) is 99.8 Å². The van der Waals surface area contributed by atoms with Crippen LogP contribution in [0.3, 0.4) is 0 Å². The monoisotopic (exact) mass is 454 g/mol. The summed E-state index contributed by atoms with van der Waals surface area (Å²) in [6.45, 7) is 15.6. The zero-order chi connectivity index (χ0) is 24.1. The van der Waals surface area contributed by atoms with Gasteiger partial charge in [0, 0.05) is 18.9 Å². The minimum atomic E-state index is -0.174. The largest absolute Gasteiger partial charge is 0.463 e. The summed E-state index contributed by atoms with van der Waals surface area (Å²) < 4.78 is 5.58. The van der Waals surface area contributed by atoms with Crippen molar-refractivity contribution < 1.29 is 14.3 Å². The molecule has 0 heterocycles. The fourth-order valence-corrected chi connectivity index (χ4v) is 8.23. The van der Waals surface area contributed by atoms with E-state index in [1.165, 1.54) is 30.9 Å². The lowest BCUT2D eigenvalue weighted by molar-refractivity contribution is -0.151. The van der Waals surface area contributed by atoms with Crippen molar-refractivity contribution in [2.75, 3.05) is 0 Å². The van der Waals surface area contributed by atoms with Crippen molar-refractivity contribution in [1.82, 2.24) is 0 Å². The van der Waals surface area contributed by atoms with Crippen LogP contribution in [-0.4, -0.2) is 17.9 Å². The molecule has 0 aromatic carbocycles. The maximum atomic E-state index is 13.9. The molecule has 0 aromatic rings. The summed E-state index contributed by atoms with van der Waals surface area (Å²) in [5, 5.41) is 0. The van der Waals surface area contributed by atoms with Crippen molar-refractivity contribution in [3.8, 4) is 0 Å². The standard InChI is InChI=1S/C30H46O3/c1-18(2)19(3)8-9-20(4)25-12-13-26-24-11-10-22-16-23(33-21(5)31)14-15-29(22,6)28(24)27(32)17-30(25,26)7/h8-9,18-20,22-23,25-26H,10-17H2,1-7H3/t19-,20+,22-,23-,25+,26-,29-,30+/m0/s1. The first-order chi connectivity index (χ1) is 15.5. The Hall–Kier alpha value is -1.38. The van der Waals surface area contributed by atoms with Gasteiger partial charge in [0.25, 0.3) is 0 Å². The molecule has 4 aliphatic carbocycles. The predicted octanol–water partition coefficient (Wildman–Crippen LogP) is 7.30. The molecule has 3 nitrogen and oxygen atoms in total. The van der Waals surface area contributed by atoms with Gasteiger partial charge in [-0.3, -0.25) is 9.59 Å². The highest BCUT2D eigenvalue weighted by Gasteiger charge is 2.58. The van der Waals surface area contributed by atoms with Crippen molar-refractivity contribution in [1.29, 1.82) is 0 Å². The van der Waals surface area contributed by atoms with Gasteiger partial charge in [-0.05, 0) is 91.3 Å². The molecule has 8 atom stereocenters. The molecule has 0 unspecified atom stereocenters. The molecule has 0 spiro atoms. The number of ketones is 1. The number of ether oxygens (including phenoxy) is 1. The fraction of sp³-hybridized carbons (Fsp3) is 0.800. The van der Waals surface area contributed by atoms with Gasteiger partial charge in [0.05, 0.1) is 0 Å². The molecule has 0 amide bonds. The molecule has 0 radical (unpaired) electrons. The van der Waals surface area contributed by atoms with Crippen molar-refractivity contribution in [2.45, 2.75) is 106 Å². The van der Waals surface area contributed by atoms with Crippen LogP contribution in [-0.2, 0) is 14.3 Å². The topological polar surface area (TPSA) is 43.4 Å². The van der Waals surface area contributed by atoms with E-state index < -0.39 is 0 Å². The second kappa shape index (κ2) is 9.00.